The molecule has 0 N–H and O–H groups in total. The Labute approximate surface area is 162 Å². The smallest absolute Gasteiger partial charge is 0.230 e. The molecule has 1 saturated carbocycles. The molecule has 27 heavy (non-hydrogen) atoms. The van der Waals surface area contributed by atoms with Crippen molar-refractivity contribution < 1.29 is 14.1 Å². The highest BCUT2D eigenvalue weighted by Crippen LogP contribution is 2.40. The van der Waals surface area contributed by atoms with Crippen molar-refractivity contribution in [3.63, 3.8) is 0 Å². The average Bonchev–Trinajstić information content (AvgIpc) is 3.32. The van der Waals surface area contributed by atoms with Crippen molar-refractivity contribution in [3.8, 4) is 0 Å². The Morgan fingerprint density at radius 2 is 2.07 bits per heavy atom. The Hall–Kier alpha value is -1.40. The van der Waals surface area contributed by atoms with Crippen LogP contribution >= 0.6 is 0 Å². The van der Waals surface area contributed by atoms with Gasteiger partial charge in [0.05, 0.1) is 24.3 Å². The van der Waals surface area contributed by atoms with Crippen molar-refractivity contribution in [3.05, 3.63) is 17.5 Å². The van der Waals surface area contributed by atoms with Gasteiger partial charge in [0.1, 0.15) is 0 Å². The number of methoxy groups -OCH3 is 1. The zero-order chi connectivity index (χ0) is 18.7. The molecule has 3 heterocycles. The quantitative estimate of drug-likeness (QED) is 0.764. The lowest BCUT2D eigenvalue weighted by atomic mass is 9.78. The van der Waals surface area contributed by atoms with E-state index in [9.17, 15) is 4.79 Å². The van der Waals surface area contributed by atoms with E-state index < -0.39 is 0 Å². The molecule has 0 unspecified atom stereocenters. The van der Waals surface area contributed by atoms with Gasteiger partial charge in [-0.3, -0.25) is 9.69 Å². The fourth-order valence-electron chi connectivity index (χ4n) is 5.25. The number of carbonyl (C=O) groups excluding carboxylic acids is 1. The van der Waals surface area contributed by atoms with E-state index in [0.717, 1.165) is 56.9 Å². The highest BCUT2D eigenvalue weighted by molar-refractivity contribution is 5.84. The lowest BCUT2D eigenvalue weighted by Crippen LogP contribution is -2.50. The molecule has 1 aliphatic carbocycles. The summed E-state index contributed by atoms with van der Waals surface area (Å²) >= 11 is 0. The summed E-state index contributed by atoms with van der Waals surface area (Å²) in [4.78, 5) is 17.5. The van der Waals surface area contributed by atoms with E-state index in [1.807, 2.05) is 4.90 Å². The van der Waals surface area contributed by atoms with Gasteiger partial charge in [0, 0.05) is 38.7 Å². The van der Waals surface area contributed by atoms with Gasteiger partial charge >= 0.3 is 0 Å². The van der Waals surface area contributed by atoms with Crippen molar-refractivity contribution in [2.24, 2.45) is 5.41 Å². The van der Waals surface area contributed by atoms with Crippen LogP contribution in [-0.4, -0.2) is 60.8 Å². The molecule has 0 bridgehead atoms. The SMILES string of the molecule is COCCN1CCC[C@]2(CCN(Cc3cc(C4CCCCC4)no3)C2)C1=O. The van der Waals surface area contributed by atoms with E-state index >= 15 is 0 Å². The molecule has 1 aromatic heterocycles. The van der Waals surface area contributed by atoms with E-state index in [4.69, 9.17) is 9.26 Å². The lowest BCUT2D eigenvalue weighted by molar-refractivity contribution is -0.146. The molecule has 1 amide bonds. The second kappa shape index (κ2) is 8.31. The van der Waals surface area contributed by atoms with Crippen LogP contribution < -0.4 is 0 Å². The zero-order valence-electron chi connectivity index (χ0n) is 16.6. The largest absolute Gasteiger partial charge is 0.383 e. The van der Waals surface area contributed by atoms with Crippen LogP contribution in [0, 0.1) is 5.41 Å². The van der Waals surface area contributed by atoms with Gasteiger partial charge in [-0.2, -0.15) is 0 Å². The van der Waals surface area contributed by atoms with Gasteiger partial charge in [0.2, 0.25) is 5.91 Å². The van der Waals surface area contributed by atoms with Crippen LogP contribution in [0.1, 0.15) is 68.7 Å². The molecule has 3 fully saturated rings. The van der Waals surface area contributed by atoms with E-state index in [-0.39, 0.29) is 5.41 Å². The summed E-state index contributed by atoms with van der Waals surface area (Å²) in [6.45, 7) is 4.78. The van der Waals surface area contributed by atoms with Crippen molar-refractivity contribution in [1.82, 2.24) is 15.0 Å². The number of amides is 1. The number of carbonyl (C=O) groups is 1. The standard InChI is InChI=1S/C21H33N3O3/c1-26-13-12-24-10-5-8-21(20(24)25)9-11-23(16-21)15-18-14-19(22-27-18)17-6-3-2-4-7-17/h14,17H,2-13,15-16H2,1H3/t21-/m1/s1. The molecular formula is C21H33N3O3. The monoisotopic (exact) mass is 375 g/mol. The molecule has 1 aromatic rings. The van der Waals surface area contributed by atoms with Gasteiger partial charge in [-0.1, -0.05) is 24.4 Å². The number of piperidine rings is 1. The molecule has 1 spiro atoms. The van der Waals surface area contributed by atoms with Crippen LogP contribution in [0.3, 0.4) is 0 Å². The third-order valence-electron chi connectivity index (χ3n) is 6.80. The first kappa shape index (κ1) is 18.9. The van der Waals surface area contributed by atoms with Crippen LogP contribution in [0.25, 0.3) is 0 Å². The third kappa shape index (κ3) is 4.06. The molecule has 6 heteroatoms. The second-order valence-corrected chi connectivity index (χ2v) is 8.68. The van der Waals surface area contributed by atoms with E-state index in [0.29, 0.717) is 25.0 Å². The number of likely N-dealkylation sites (tertiary alicyclic amines) is 2. The molecule has 150 valence electrons. The Morgan fingerprint density at radius 3 is 2.89 bits per heavy atom. The summed E-state index contributed by atoms with van der Waals surface area (Å²) in [5, 5.41) is 4.36. The minimum absolute atomic E-state index is 0.196. The number of ether oxygens (including phenoxy) is 1. The van der Waals surface area contributed by atoms with Gasteiger partial charge in [-0.15, -0.1) is 0 Å². The summed E-state index contributed by atoms with van der Waals surface area (Å²) < 4.78 is 10.8. The van der Waals surface area contributed by atoms with Gasteiger partial charge in [0.25, 0.3) is 0 Å². The Balaban J connectivity index is 1.35. The number of aromatic nitrogens is 1. The second-order valence-electron chi connectivity index (χ2n) is 8.68. The van der Waals surface area contributed by atoms with E-state index in [1.54, 1.807) is 7.11 Å². The van der Waals surface area contributed by atoms with Crippen LogP contribution in [0.4, 0.5) is 0 Å². The highest BCUT2D eigenvalue weighted by atomic mass is 16.5. The van der Waals surface area contributed by atoms with Gasteiger partial charge < -0.3 is 14.2 Å². The summed E-state index contributed by atoms with van der Waals surface area (Å²) in [5.41, 5.74) is 0.941. The number of nitrogens with zero attached hydrogens (tertiary/aromatic N) is 3. The van der Waals surface area contributed by atoms with Crippen molar-refractivity contribution in [2.45, 2.75) is 63.8 Å². The summed E-state index contributed by atoms with van der Waals surface area (Å²) in [6, 6.07) is 2.16. The maximum absolute atomic E-state index is 13.1. The van der Waals surface area contributed by atoms with Crippen LogP contribution in [-0.2, 0) is 16.1 Å². The molecule has 1 atom stereocenters. The van der Waals surface area contributed by atoms with Crippen LogP contribution in [0.15, 0.2) is 10.6 Å². The minimum atomic E-state index is -0.196. The molecular weight excluding hydrogens is 342 g/mol. The first-order valence-electron chi connectivity index (χ1n) is 10.7. The fraction of sp³-hybridized carbons (Fsp3) is 0.810. The predicted molar refractivity (Wildman–Crippen MR) is 102 cm³/mol. The number of hydrogen-bond donors (Lipinski definition) is 0. The minimum Gasteiger partial charge on any atom is -0.383 e. The van der Waals surface area contributed by atoms with E-state index in [1.165, 1.54) is 32.1 Å². The zero-order valence-corrected chi connectivity index (χ0v) is 16.6. The van der Waals surface area contributed by atoms with Gasteiger partial charge in [-0.05, 0) is 38.6 Å². The topological polar surface area (TPSA) is 58.8 Å². The van der Waals surface area contributed by atoms with Gasteiger partial charge in [0.15, 0.2) is 5.76 Å². The molecule has 4 rings (SSSR count). The summed E-state index contributed by atoms with van der Waals surface area (Å²) in [6.07, 6.45) is 9.51. The molecule has 6 nitrogen and oxygen atoms in total. The molecule has 0 radical (unpaired) electrons. The van der Waals surface area contributed by atoms with Crippen LogP contribution in [0.2, 0.25) is 0 Å². The average molecular weight is 376 g/mol. The summed E-state index contributed by atoms with van der Waals surface area (Å²) in [5.74, 6) is 1.86. The van der Waals surface area contributed by atoms with Crippen molar-refractivity contribution in [2.75, 3.05) is 39.9 Å². The molecule has 0 aromatic carbocycles. The number of rotatable bonds is 6. The fourth-order valence-corrected chi connectivity index (χ4v) is 5.25. The van der Waals surface area contributed by atoms with Gasteiger partial charge in [-0.25, -0.2) is 0 Å². The van der Waals surface area contributed by atoms with Crippen molar-refractivity contribution in [1.29, 1.82) is 0 Å². The molecule has 3 aliphatic rings. The number of hydrogen-bond acceptors (Lipinski definition) is 5. The first-order chi connectivity index (χ1) is 13.2. The molecule has 2 saturated heterocycles. The Morgan fingerprint density at radius 1 is 1.22 bits per heavy atom. The Kier molecular flexibility index (Phi) is 5.83. The Bertz CT molecular complexity index is 640. The van der Waals surface area contributed by atoms with Crippen LogP contribution in [0.5, 0.6) is 0 Å². The predicted octanol–water partition coefficient (Wildman–Crippen LogP) is 3.18. The third-order valence-corrected chi connectivity index (χ3v) is 6.80. The first-order valence-corrected chi connectivity index (χ1v) is 10.7. The van der Waals surface area contributed by atoms with Crippen molar-refractivity contribution >= 4 is 5.91 Å². The normalized spacial score (nSPS) is 27.7. The summed E-state index contributed by atoms with van der Waals surface area (Å²) in [7, 11) is 1.69. The molecule has 2 aliphatic heterocycles. The van der Waals surface area contributed by atoms with E-state index in [2.05, 4.69) is 16.1 Å². The maximum atomic E-state index is 13.1. The maximum Gasteiger partial charge on any atom is 0.230 e. The highest BCUT2D eigenvalue weighted by Gasteiger charge is 2.48. The lowest BCUT2D eigenvalue weighted by Gasteiger charge is -2.39.